The fraction of sp³-hybridized carbons (Fsp3) is 0. The van der Waals surface area contributed by atoms with E-state index in [1.54, 1.807) is 0 Å². The number of hydrogen-bond acceptors (Lipinski definition) is 3. The van der Waals surface area contributed by atoms with E-state index < -0.39 is 0 Å². The molecule has 0 aliphatic carbocycles. The molecule has 0 radical (unpaired) electrons. The van der Waals surface area contributed by atoms with E-state index in [0.29, 0.717) is 5.82 Å². The molecule has 3 nitrogen and oxygen atoms in total. The smallest absolute Gasteiger partial charge is 0.160 e. The third-order valence-corrected chi connectivity index (χ3v) is 8.72. The molecule has 44 heavy (non-hydrogen) atoms. The average molecular weight is 560 g/mol. The molecule has 9 aromatic rings. The van der Waals surface area contributed by atoms with Crippen LogP contribution in [0.15, 0.2) is 152 Å². The molecule has 0 amide bonds. The first kappa shape index (κ1) is 24.6. The standard InChI is InChI=1S/C41H25N3/c1-2-7-31(8-3-1)41-43-37(27-15-13-26(14-16-27)36-25-42-24-32-9-4-5-12-33(32)36)23-38(44-41)34-21-19-30-18-17-28-10-6-11-29-20-22-35(34)40(30)39(28)29/h1-25H. The van der Waals surface area contributed by atoms with Gasteiger partial charge < -0.3 is 0 Å². The fourth-order valence-corrected chi connectivity index (χ4v) is 6.58. The van der Waals surface area contributed by atoms with Gasteiger partial charge in [0, 0.05) is 40.0 Å². The molecular formula is C41H25N3. The fourth-order valence-electron chi connectivity index (χ4n) is 6.58. The van der Waals surface area contributed by atoms with Crippen molar-refractivity contribution >= 4 is 43.1 Å². The number of benzene rings is 7. The van der Waals surface area contributed by atoms with Crippen LogP contribution < -0.4 is 0 Å². The summed E-state index contributed by atoms with van der Waals surface area (Å²) in [6.45, 7) is 0. The number of fused-ring (bicyclic) bond motifs is 1. The lowest BCUT2D eigenvalue weighted by atomic mass is 9.91. The Kier molecular flexibility index (Phi) is 5.50. The summed E-state index contributed by atoms with van der Waals surface area (Å²) in [5, 5.41) is 9.88. The van der Waals surface area contributed by atoms with Crippen molar-refractivity contribution in [2.75, 3.05) is 0 Å². The quantitative estimate of drug-likeness (QED) is 0.201. The molecule has 204 valence electrons. The van der Waals surface area contributed by atoms with Crippen molar-refractivity contribution in [3.8, 4) is 45.0 Å². The van der Waals surface area contributed by atoms with Gasteiger partial charge in [0.2, 0.25) is 0 Å². The van der Waals surface area contributed by atoms with Gasteiger partial charge in [0.1, 0.15) is 0 Å². The maximum atomic E-state index is 5.16. The van der Waals surface area contributed by atoms with Crippen molar-refractivity contribution < 1.29 is 0 Å². The van der Waals surface area contributed by atoms with Crippen molar-refractivity contribution in [3.05, 3.63) is 152 Å². The topological polar surface area (TPSA) is 38.7 Å². The monoisotopic (exact) mass is 559 g/mol. The van der Waals surface area contributed by atoms with Crippen LogP contribution in [0, 0.1) is 0 Å². The van der Waals surface area contributed by atoms with E-state index in [-0.39, 0.29) is 0 Å². The zero-order valence-electron chi connectivity index (χ0n) is 23.8. The molecule has 2 heterocycles. The Morgan fingerprint density at radius 1 is 0.364 bits per heavy atom. The highest BCUT2D eigenvalue weighted by Crippen LogP contribution is 2.40. The summed E-state index contributed by atoms with van der Waals surface area (Å²) in [4.78, 5) is 14.7. The lowest BCUT2D eigenvalue weighted by Crippen LogP contribution is -1.97. The molecule has 0 aliphatic heterocycles. The van der Waals surface area contributed by atoms with Gasteiger partial charge in [0.15, 0.2) is 5.82 Å². The second-order valence-corrected chi connectivity index (χ2v) is 11.3. The minimum atomic E-state index is 0.714. The highest BCUT2D eigenvalue weighted by atomic mass is 14.9. The third kappa shape index (κ3) is 3.94. The summed E-state index contributed by atoms with van der Waals surface area (Å²) < 4.78 is 0. The normalized spacial score (nSPS) is 11.6. The van der Waals surface area contributed by atoms with Crippen LogP contribution in [0.4, 0.5) is 0 Å². The summed E-state index contributed by atoms with van der Waals surface area (Å²) in [6, 6.07) is 49.3. The third-order valence-electron chi connectivity index (χ3n) is 8.72. The second kappa shape index (κ2) is 9.82. The van der Waals surface area contributed by atoms with Gasteiger partial charge in [0.25, 0.3) is 0 Å². The lowest BCUT2D eigenvalue weighted by Gasteiger charge is -2.15. The largest absolute Gasteiger partial charge is 0.263 e. The molecule has 7 aromatic carbocycles. The molecule has 0 bridgehead atoms. The molecular weight excluding hydrogens is 534 g/mol. The Hall–Kier alpha value is -5.93. The maximum absolute atomic E-state index is 5.16. The Bertz CT molecular complexity index is 2460. The lowest BCUT2D eigenvalue weighted by molar-refractivity contribution is 1.19. The zero-order chi connectivity index (χ0) is 29.0. The van der Waals surface area contributed by atoms with Crippen molar-refractivity contribution in [2.24, 2.45) is 0 Å². The van der Waals surface area contributed by atoms with Crippen molar-refractivity contribution in [1.82, 2.24) is 15.0 Å². The van der Waals surface area contributed by atoms with Gasteiger partial charge in [-0.25, -0.2) is 9.97 Å². The minimum Gasteiger partial charge on any atom is -0.263 e. The summed E-state index contributed by atoms with van der Waals surface area (Å²) in [7, 11) is 0. The van der Waals surface area contributed by atoms with Crippen molar-refractivity contribution in [1.29, 1.82) is 0 Å². The van der Waals surface area contributed by atoms with E-state index in [2.05, 4.69) is 126 Å². The first-order chi connectivity index (χ1) is 21.8. The molecule has 3 heteroatoms. The van der Waals surface area contributed by atoms with E-state index in [1.165, 1.54) is 37.7 Å². The number of nitrogens with zero attached hydrogens (tertiary/aromatic N) is 3. The van der Waals surface area contributed by atoms with Crippen molar-refractivity contribution in [2.45, 2.75) is 0 Å². The van der Waals surface area contributed by atoms with Gasteiger partial charge in [-0.3, -0.25) is 4.98 Å². The SMILES string of the molecule is c1ccc(-c2nc(-c3ccc(-c4cncc5ccccc45)cc3)cc(-c3ccc4ccc5cccc6ccc3c4c56)n2)cc1. The Morgan fingerprint density at radius 3 is 1.86 bits per heavy atom. The number of aromatic nitrogens is 3. The van der Waals surface area contributed by atoms with Gasteiger partial charge in [-0.05, 0) is 49.3 Å². The van der Waals surface area contributed by atoms with Gasteiger partial charge in [-0.1, -0.05) is 133 Å². The molecule has 0 saturated carbocycles. The van der Waals surface area contributed by atoms with E-state index in [1.807, 2.05) is 30.6 Å². The first-order valence-corrected chi connectivity index (χ1v) is 14.9. The molecule has 0 N–H and O–H groups in total. The van der Waals surface area contributed by atoms with E-state index in [9.17, 15) is 0 Å². The summed E-state index contributed by atoms with van der Waals surface area (Å²) in [5.41, 5.74) is 7.19. The van der Waals surface area contributed by atoms with Crippen LogP contribution in [0.25, 0.3) is 88.1 Å². The average Bonchev–Trinajstić information content (AvgIpc) is 3.10. The summed E-state index contributed by atoms with van der Waals surface area (Å²) in [5.74, 6) is 0.714. The van der Waals surface area contributed by atoms with Crippen molar-refractivity contribution in [3.63, 3.8) is 0 Å². The highest BCUT2D eigenvalue weighted by molar-refractivity contribution is 6.25. The molecule has 0 fully saturated rings. The number of hydrogen-bond donors (Lipinski definition) is 0. The van der Waals surface area contributed by atoms with Gasteiger partial charge in [-0.15, -0.1) is 0 Å². The molecule has 0 aliphatic rings. The zero-order valence-corrected chi connectivity index (χ0v) is 23.8. The van der Waals surface area contributed by atoms with Gasteiger partial charge in [0.05, 0.1) is 11.4 Å². The molecule has 0 unspecified atom stereocenters. The first-order valence-electron chi connectivity index (χ1n) is 14.9. The highest BCUT2D eigenvalue weighted by Gasteiger charge is 2.16. The van der Waals surface area contributed by atoms with Crippen LogP contribution in [0.2, 0.25) is 0 Å². The summed E-state index contributed by atoms with van der Waals surface area (Å²) in [6.07, 6.45) is 3.86. The maximum Gasteiger partial charge on any atom is 0.160 e. The number of rotatable bonds is 4. The molecule has 0 saturated heterocycles. The van der Waals surface area contributed by atoms with Crippen LogP contribution in [0.3, 0.4) is 0 Å². The predicted molar refractivity (Wildman–Crippen MR) is 183 cm³/mol. The predicted octanol–water partition coefficient (Wildman–Crippen LogP) is 10.6. The number of pyridine rings is 1. The van der Waals surface area contributed by atoms with Gasteiger partial charge in [-0.2, -0.15) is 0 Å². The second-order valence-electron chi connectivity index (χ2n) is 11.3. The van der Waals surface area contributed by atoms with Crippen LogP contribution in [-0.2, 0) is 0 Å². The van der Waals surface area contributed by atoms with E-state index in [0.717, 1.165) is 44.6 Å². The van der Waals surface area contributed by atoms with Crippen LogP contribution in [-0.4, -0.2) is 15.0 Å². The Balaban J connectivity index is 1.23. The van der Waals surface area contributed by atoms with Crippen LogP contribution in [0.1, 0.15) is 0 Å². The molecule has 0 spiro atoms. The van der Waals surface area contributed by atoms with E-state index >= 15 is 0 Å². The van der Waals surface area contributed by atoms with Crippen LogP contribution in [0.5, 0.6) is 0 Å². The molecule has 2 aromatic heterocycles. The Labute approximate surface area is 254 Å². The Morgan fingerprint density at radius 2 is 1.02 bits per heavy atom. The molecule has 9 rings (SSSR count). The minimum absolute atomic E-state index is 0.714. The summed E-state index contributed by atoms with van der Waals surface area (Å²) >= 11 is 0. The van der Waals surface area contributed by atoms with Gasteiger partial charge >= 0.3 is 0 Å². The van der Waals surface area contributed by atoms with Crippen LogP contribution >= 0.6 is 0 Å². The van der Waals surface area contributed by atoms with E-state index in [4.69, 9.17) is 9.97 Å². The molecule has 0 atom stereocenters.